The summed E-state index contributed by atoms with van der Waals surface area (Å²) in [6, 6.07) is 13.8. The van der Waals surface area contributed by atoms with Gasteiger partial charge in [-0.25, -0.2) is 0 Å². The van der Waals surface area contributed by atoms with E-state index in [-0.39, 0.29) is 12.7 Å². The number of likely N-dealkylation sites (tertiary alicyclic amines) is 1. The summed E-state index contributed by atoms with van der Waals surface area (Å²) in [7, 11) is 0. The summed E-state index contributed by atoms with van der Waals surface area (Å²) in [5.74, 6) is 2.19. The average molecular weight is 358 g/mol. The number of rotatable bonds is 4. The van der Waals surface area contributed by atoms with Crippen molar-refractivity contribution in [2.24, 2.45) is 0 Å². The van der Waals surface area contributed by atoms with Crippen LogP contribution in [-0.2, 0) is 11.2 Å². The molecule has 2 aliphatic rings. The molecule has 4 nitrogen and oxygen atoms in total. The highest BCUT2D eigenvalue weighted by atomic mass is 35.5. The Morgan fingerprint density at radius 3 is 2.92 bits per heavy atom. The molecule has 5 heteroatoms. The maximum Gasteiger partial charge on any atom is 0.231 e. The first kappa shape index (κ1) is 16.3. The van der Waals surface area contributed by atoms with E-state index in [9.17, 15) is 4.79 Å². The van der Waals surface area contributed by atoms with Gasteiger partial charge in [0, 0.05) is 30.5 Å². The van der Waals surface area contributed by atoms with E-state index in [0.717, 1.165) is 43.0 Å². The Kier molecular flexibility index (Phi) is 4.53. The largest absolute Gasteiger partial charge is 0.454 e. The number of amides is 1. The lowest BCUT2D eigenvalue weighted by Gasteiger charge is -2.17. The number of halogens is 1. The lowest BCUT2D eigenvalue weighted by atomic mass is 9.98. The highest BCUT2D eigenvalue weighted by Crippen LogP contribution is 2.37. The number of fused-ring (bicyclic) bond motifs is 1. The van der Waals surface area contributed by atoms with Gasteiger partial charge in [-0.15, -0.1) is 0 Å². The first-order valence-corrected chi connectivity index (χ1v) is 8.98. The number of hydrogen-bond acceptors (Lipinski definition) is 3. The van der Waals surface area contributed by atoms with Gasteiger partial charge in [-0.2, -0.15) is 0 Å². The Balaban J connectivity index is 1.34. The molecule has 4 rings (SSSR count). The number of benzene rings is 2. The van der Waals surface area contributed by atoms with Gasteiger partial charge in [0.1, 0.15) is 0 Å². The predicted octanol–water partition coefficient (Wildman–Crippen LogP) is 4.02. The summed E-state index contributed by atoms with van der Waals surface area (Å²) in [6.45, 7) is 1.87. The van der Waals surface area contributed by atoms with Crippen LogP contribution in [0.3, 0.4) is 0 Å². The number of nitrogens with zero attached hydrogens (tertiary/aromatic N) is 1. The number of carbonyl (C=O) groups excluding carboxylic acids is 1. The fraction of sp³-hybridized carbons (Fsp3) is 0.350. The number of hydrogen-bond donors (Lipinski definition) is 0. The quantitative estimate of drug-likeness (QED) is 0.829. The summed E-state index contributed by atoms with van der Waals surface area (Å²) in [5, 5.41) is 0.717. The van der Waals surface area contributed by atoms with Crippen molar-refractivity contribution in [3.63, 3.8) is 0 Å². The van der Waals surface area contributed by atoms with Gasteiger partial charge < -0.3 is 14.4 Å². The maximum absolute atomic E-state index is 12.5. The van der Waals surface area contributed by atoms with Crippen molar-refractivity contribution < 1.29 is 14.3 Å². The zero-order chi connectivity index (χ0) is 17.2. The minimum absolute atomic E-state index is 0.211. The van der Waals surface area contributed by atoms with Crippen molar-refractivity contribution in [2.75, 3.05) is 19.9 Å². The lowest BCUT2D eigenvalue weighted by molar-refractivity contribution is -0.130. The Morgan fingerprint density at radius 1 is 1.16 bits per heavy atom. The van der Waals surface area contributed by atoms with E-state index >= 15 is 0 Å². The van der Waals surface area contributed by atoms with Crippen LogP contribution < -0.4 is 9.47 Å². The van der Waals surface area contributed by atoms with E-state index in [0.29, 0.717) is 17.4 Å². The van der Waals surface area contributed by atoms with E-state index in [1.54, 1.807) is 0 Å². The molecule has 0 N–H and O–H groups in total. The van der Waals surface area contributed by atoms with E-state index in [1.807, 2.05) is 41.3 Å². The molecule has 0 aromatic heterocycles. The molecular weight excluding hydrogens is 338 g/mol. The number of ether oxygens (including phenoxy) is 2. The third-order valence-electron chi connectivity index (χ3n) is 4.93. The fourth-order valence-electron chi connectivity index (χ4n) is 3.53. The van der Waals surface area contributed by atoms with Gasteiger partial charge in [-0.3, -0.25) is 4.79 Å². The average Bonchev–Trinajstić information content (AvgIpc) is 3.28. The van der Waals surface area contributed by atoms with Gasteiger partial charge in [-0.1, -0.05) is 29.8 Å². The second-order valence-corrected chi connectivity index (χ2v) is 7.00. The second kappa shape index (κ2) is 6.96. The van der Waals surface area contributed by atoms with Crippen molar-refractivity contribution in [3.8, 4) is 11.5 Å². The highest BCUT2D eigenvalue weighted by molar-refractivity contribution is 6.30. The molecule has 130 valence electrons. The zero-order valence-electron chi connectivity index (χ0n) is 13.9. The molecule has 0 aliphatic carbocycles. The third kappa shape index (κ3) is 3.59. The van der Waals surface area contributed by atoms with Gasteiger partial charge in [0.25, 0.3) is 0 Å². The summed E-state index contributed by atoms with van der Waals surface area (Å²) in [5.41, 5.74) is 2.32. The zero-order valence-corrected chi connectivity index (χ0v) is 14.7. The highest BCUT2D eigenvalue weighted by Gasteiger charge is 2.28. The molecule has 0 radical (unpaired) electrons. The van der Waals surface area contributed by atoms with Crippen molar-refractivity contribution >= 4 is 17.5 Å². The van der Waals surface area contributed by atoms with Crippen LogP contribution in [0.1, 0.15) is 29.9 Å². The SMILES string of the molecule is O=C(CCc1cccc(Cl)c1)N1CCC(c2ccc3c(c2)OCO3)C1. The Hall–Kier alpha value is -2.20. The van der Waals surface area contributed by atoms with Crippen LogP contribution in [0, 0.1) is 0 Å². The maximum atomic E-state index is 12.5. The summed E-state index contributed by atoms with van der Waals surface area (Å²) in [4.78, 5) is 14.5. The van der Waals surface area contributed by atoms with Gasteiger partial charge >= 0.3 is 0 Å². The van der Waals surface area contributed by atoms with E-state index in [2.05, 4.69) is 6.07 Å². The van der Waals surface area contributed by atoms with E-state index in [4.69, 9.17) is 21.1 Å². The molecule has 1 fully saturated rings. The summed E-state index contributed by atoms with van der Waals surface area (Å²) >= 11 is 6.00. The van der Waals surface area contributed by atoms with E-state index < -0.39 is 0 Å². The molecule has 0 saturated carbocycles. The number of aryl methyl sites for hydroxylation is 1. The molecular formula is C20H20ClNO3. The fourth-order valence-corrected chi connectivity index (χ4v) is 3.74. The third-order valence-corrected chi connectivity index (χ3v) is 5.16. The van der Waals surface area contributed by atoms with Crippen LogP contribution in [0.2, 0.25) is 5.02 Å². The van der Waals surface area contributed by atoms with Crippen molar-refractivity contribution in [1.29, 1.82) is 0 Å². The van der Waals surface area contributed by atoms with Gasteiger partial charge in [0.2, 0.25) is 12.7 Å². The first-order valence-electron chi connectivity index (χ1n) is 8.61. The predicted molar refractivity (Wildman–Crippen MR) is 96.3 cm³/mol. The molecule has 1 atom stereocenters. The molecule has 2 aliphatic heterocycles. The van der Waals surface area contributed by atoms with Crippen LogP contribution in [0.25, 0.3) is 0 Å². The topological polar surface area (TPSA) is 38.8 Å². The molecule has 2 heterocycles. The van der Waals surface area contributed by atoms with Crippen molar-refractivity contribution in [3.05, 3.63) is 58.6 Å². The van der Waals surface area contributed by atoms with Gasteiger partial charge in [0.05, 0.1) is 0 Å². The molecule has 1 amide bonds. The molecule has 2 aromatic rings. The van der Waals surface area contributed by atoms with Crippen molar-refractivity contribution in [1.82, 2.24) is 4.90 Å². The molecule has 1 unspecified atom stereocenters. The van der Waals surface area contributed by atoms with Crippen LogP contribution in [0.4, 0.5) is 0 Å². The Bertz CT molecular complexity index is 792. The Labute approximate surface area is 152 Å². The Morgan fingerprint density at radius 2 is 2.04 bits per heavy atom. The summed E-state index contributed by atoms with van der Waals surface area (Å²) < 4.78 is 10.8. The smallest absolute Gasteiger partial charge is 0.231 e. The summed E-state index contributed by atoms with van der Waals surface area (Å²) in [6.07, 6.45) is 2.24. The molecule has 0 bridgehead atoms. The van der Waals surface area contributed by atoms with Crippen LogP contribution in [0.5, 0.6) is 11.5 Å². The molecule has 1 saturated heterocycles. The minimum Gasteiger partial charge on any atom is -0.454 e. The lowest BCUT2D eigenvalue weighted by Crippen LogP contribution is -2.28. The standard InChI is InChI=1S/C20H20ClNO3/c21-17-3-1-2-14(10-17)4-7-20(23)22-9-8-16(12-22)15-5-6-18-19(11-15)25-13-24-18/h1-3,5-6,10-11,16H,4,7-9,12-13H2. The monoisotopic (exact) mass is 357 g/mol. The first-order chi connectivity index (χ1) is 12.2. The van der Waals surface area contributed by atoms with Crippen LogP contribution in [-0.4, -0.2) is 30.7 Å². The minimum atomic E-state index is 0.211. The second-order valence-electron chi connectivity index (χ2n) is 6.57. The number of carbonyl (C=O) groups is 1. The van der Waals surface area contributed by atoms with Crippen LogP contribution in [0.15, 0.2) is 42.5 Å². The van der Waals surface area contributed by atoms with Gasteiger partial charge in [-0.05, 0) is 48.2 Å². The van der Waals surface area contributed by atoms with Crippen molar-refractivity contribution in [2.45, 2.75) is 25.2 Å². The van der Waals surface area contributed by atoms with E-state index in [1.165, 1.54) is 5.56 Å². The molecule has 25 heavy (non-hydrogen) atoms. The van der Waals surface area contributed by atoms with Crippen LogP contribution >= 0.6 is 11.6 Å². The molecule has 0 spiro atoms. The van der Waals surface area contributed by atoms with Gasteiger partial charge in [0.15, 0.2) is 11.5 Å². The molecule has 2 aromatic carbocycles. The normalized spacial score (nSPS) is 18.6.